The Bertz CT molecular complexity index is 1210. The average molecular weight is 646 g/mol. The molecule has 0 aliphatic carbocycles. The van der Waals surface area contributed by atoms with Gasteiger partial charge in [0, 0.05) is 0 Å². The van der Waals surface area contributed by atoms with Gasteiger partial charge >= 0.3 is 18.6 Å². The predicted molar refractivity (Wildman–Crippen MR) is 171 cm³/mol. The van der Waals surface area contributed by atoms with E-state index >= 15 is 0 Å². The summed E-state index contributed by atoms with van der Waals surface area (Å²) in [6.07, 6.45) is 8.60. The third kappa shape index (κ3) is 10.7. The molecule has 0 aliphatic rings. The van der Waals surface area contributed by atoms with Crippen LogP contribution >= 0.6 is 0 Å². The van der Waals surface area contributed by atoms with Crippen molar-refractivity contribution in [2.45, 2.75) is 114 Å². The Kier molecular flexibility index (Phi) is 18.5. The van der Waals surface area contributed by atoms with Crippen LogP contribution in [0.25, 0.3) is 0 Å². The van der Waals surface area contributed by atoms with Crippen LogP contribution < -0.4 is 24.8 Å². The van der Waals surface area contributed by atoms with Crippen molar-refractivity contribution >= 4 is 22.8 Å². The van der Waals surface area contributed by atoms with Crippen molar-refractivity contribution in [3.8, 4) is 0 Å². The number of pyridine rings is 1. The minimum atomic E-state index is 0. The number of aryl methyl sites for hydroxylation is 7. The van der Waals surface area contributed by atoms with Crippen molar-refractivity contribution in [2.75, 3.05) is 0 Å². The van der Waals surface area contributed by atoms with Crippen LogP contribution in [-0.2, 0) is 44.2 Å². The van der Waals surface area contributed by atoms with E-state index in [-0.39, 0.29) is 43.4 Å². The van der Waals surface area contributed by atoms with E-state index in [1.807, 2.05) is 0 Å². The van der Waals surface area contributed by atoms with Gasteiger partial charge < -0.3 is 24.8 Å². The fourth-order valence-electron chi connectivity index (χ4n) is 5.48. The third-order valence-corrected chi connectivity index (χ3v) is 7.17. The molecule has 3 aromatic rings. The number of nitrogens with zero attached hydrogens (tertiary/aromatic N) is 3. The van der Waals surface area contributed by atoms with Crippen molar-refractivity contribution in [3.63, 3.8) is 0 Å². The molecule has 2 aromatic carbocycles. The molecule has 1 aromatic heterocycles. The molecule has 0 bridgehead atoms. The Balaban J connectivity index is 0.00000560. The van der Waals surface area contributed by atoms with Crippen molar-refractivity contribution < 1.29 is 43.4 Å². The van der Waals surface area contributed by atoms with E-state index in [1.165, 1.54) is 38.9 Å². The molecule has 0 aliphatic heterocycles. The minimum Gasteiger partial charge on any atom is -1.00 e. The summed E-state index contributed by atoms with van der Waals surface area (Å²) in [5.74, 6) is 0. The summed E-state index contributed by atoms with van der Waals surface area (Å²) >= 11 is 0. The first-order chi connectivity index (χ1) is 18.7. The number of rotatable bonds is 12. The molecular formula is C36H49Cl2N3V. The summed E-state index contributed by atoms with van der Waals surface area (Å²) in [6.45, 7) is 19.7. The molecular weight excluding hydrogens is 596 g/mol. The topological polar surface area (TPSA) is 37.6 Å². The van der Waals surface area contributed by atoms with Crippen molar-refractivity contribution in [2.24, 2.45) is 9.98 Å². The number of benzene rings is 2. The van der Waals surface area contributed by atoms with Gasteiger partial charge in [0.25, 0.3) is 0 Å². The second-order valence-corrected chi connectivity index (χ2v) is 11.2. The summed E-state index contributed by atoms with van der Waals surface area (Å²) in [5.41, 5.74) is 15.3. The van der Waals surface area contributed by atoms with E-state index in [0.717, 1.165) is 85.6 Å². The molecule has 0 spiro atoms. The van der Waals surface area contributed by atoms with Crippen LogP contribution in [-0.4, -0.2) is 16.4 Å². The molecule has 227 valence electrons. The Labute approximate surface area is 280 Å². The second-order valence-electron chi connectivity index (χ2n) is 11.2. The van der Waals surface area contributed by atoms with Gasteiger partial charge in [0.15, 0.2) is 0 Å². The number of hydrogen-bond acceptors (Lipinski definition) is 3. The molecule has 0 N–H and O–H groups in total. The SMILES string of the molecule is CCCc1cc(C)cc(CCC)c1N=C(C)c1cc(C)cc(C(C)=Nc2c(CCC)cc(C)cc2CCC)n1.[Cl-].[Cl-].[V+2]. The van der Waals surface area contributed by atoms with Crippen LogP contribution in [0.1, 0.15) is 118 Å². The average Bonchev–Trinajstić information content (AvgIpc) is 2.88. The van der Waals surface area contributed by atoms with Crippen molar-refractivity contribution in [1.29, 1.82) is 0 Å². The molecule has 3 nitrogen and oxygen atoms in total. The summed E-state index contributed by atoms with van der Waals surface area (Å²) in [6, 6.07) is 13.5. The number of halogens is 2. The fourth-order valence-corrected chi connectivity index (χ4v) is 5.48. The zero-order chi connectivity index (χ0) is 28.5. The Morgan fingerprint density at radius 2 is 0.786 bits per heavy atom. The maximum atomic E-state index is 5.23. The number of aliphatic imine (C=N–C) groups is 2. The van der Waals surface area contributed by atoms with Gasteiger partial charge in [-0.3, -0.25) is 9.98 Å². The van der Waals surface area contributed by atoms with Crippen molar-refractivity contribution in [1.82, 2.24) is 4.98 Å². The summed E-state index contributed by atoms with van der Waals surface area (Å²) in [4.78, 5) is 15.6. The smallest absolute Gasteiger partial charge is 1.00 e. The molecule has 0 atom stereocenters. The molecule has 42 heavy (non-hydrogen) atoms. The van der Waals surface area contributed by atoms with Crippen LogP contribution in [0.2, 0.25) is 0 Å². The zero-order valence-corrected chi connectivity index (χ0v) is 30.1. The first-order valence-electron chi connectivity index (χ1n) is 15.0. The van der Waals surface area contributed by atoms with Crippen LogP contribution in [0, 0.1) is 20.8 Å². The molecule has 3 rings (SSSR count). The molecule has 1 radical (unpaired) electrons. The first kappa shape index (κ1) is 40.1. The molecule has 0 fully saturated rings. The molecule has 0 unspecified atom stereocenters. The third-order valence-electron chi connectivity index (χ3n) is 7.17. The number of hydrogen-bond donors (Lipinski definition) is 0. The first-order valence-corrected chi connectivity index (χ1v) is 15.0. The van der Waals surface area contributed by atoms with E-state index in [1.54, 1.807) is 0 Å². The Hall–Kier alpha value is -1.91. The van der Waals surface area contributed by atoms with Crippen LogP contribution in [0.3, 0.4) is 0 Å². The van der Waals surface area contributed by atoms with Gasteiger partial charge in [0.2, 0.25) is 0 Å². The maximum absolute atomic E-state index is 5.23. The molecule has 0 saturated heterocycles. The minimum absolute atomic E-state index is 0. The number of aromatic nitrogens is 1. The van der Waals surface area contributed by atoms with E-state index in [9.17, 15) is 0 Å². The standard InChI is InChI=1S/C36H49N3.2ClH.V/c1-10-14-29-18-24(5)19-30(15-11-2)35(29)37-27(8)33-22-26(7)23-34(39-33)28(9)38-36-31(16-12-3)20-25(6)21-32(36)17-13-4;;;/h18-23H,10-17H2,1-9H3;2*1H;/q;;;+2/p-2. The van der Waals surface area contributed by atoms with Gasteiger partial charge in [0.05, 0.1) is 34.2 Å². The molecule has 1 heterocycles. The molecule has 6 heteroatoms. The summed E-state index contributed by atoms with van der Waals surface area (Å²) in [7, 11) is 0. The van der Waals surface area contributed by atoms with E-state index in [2.05, 4.69) is 98.7 Å². The van der Waals surface area contributed by atoms with Gasteiger partial charge in [-0.1, -0.05) is 88.8 Å². The van der Waals surface area contributed by atoms with Crippen LogP contribution in [0.5, 0.6) is 0 Å². The normalized spacial score (nSPS) is 11.5. The zero-order valence-electron chi connectivity index (χ0n) is 27.2. The Morgan fingerprint density at radius 3 is 1.05 bits per heavy atom. The van der Waals surface area contributed by atoms with E-state index < -0.39 is 0 Å². The van der Waals surface area contributed by atoms with Gasteiger partial charge in [-0.15, -0.1) is 0 Å². The van der Waals surface area contributed by atoms with E-state index in [0.29, 0.717) is 0 Å². The van der Waals surface area contributed by atoms with Gasteiger partial charge in [0.1, 0.15) is 0 Å². The van der Waals surface area contributed by atoms with Crippen LogP contribution in [0.4, 0.5) is 11.4 Å². The van der Waals surface area contributed by atoms with Gasteiger partial charge in [-0.05, 0) is 100 Å². The fraction of sp³-hybridized carbons (Fsp3) is 0.472. The van der Waals surface area contributed by atoms with Crippen molar-refractivity contribution in [3.05, 3.63) is 86.7 Å². The molecule has 0 saturated carbocycles. The predicted octanol–water partition coefficient (Wildman–Crippen LogP) is 4.10. The summed E-state index contributed by atoms with van der Waals surface area (Å²) < 4.78 is 0. The largest absolute Gasteiger partial charge is 2.00 e. The molecule has 0 amide bonds. The maximum Gasteiger partial charge on any atom is 2.00 e. The Morgan fingerprint density at radius 1 is 0.524 bits per heavy atom. The quantitative estimate of drug-likeness (QED) is 0.274. The monoisotopic (exact) mass is 644 g/mol. The van der Waals surface area contributed by atoms with Crippen LogP contribution in [0.15, 0.2) is 46.4 Å². The second kappa shape index (κ2) is 19.4. The van der Waals surface area contributed by atoms with Gasteiger partial charge in [-0.2, -0.15) is 0 Å². The summed E-state index contributed by atoms with van der Waals surface area (Å²) in [5, 5.41) is 0. The van der Waals surface area contributed by atoms with E-state index in [4.69, 9.17) is 15.0 Å². The van der Waals surface area contributed by atoms with Gasteiger partial charge in [-0.25, -0.2) is 4.98 Å².